The van der Waals surface area contributed by atoms with Gasteiger partial charge in [0, 0.05) is 43.3 Å². The molecule has 0 spiro atoms. The number of halogens is 1. The first-order valence-electron chi connectivity index (χ1n) is 13.7. The average Bonchev–Trinajstić information content (AvgIpc) is 2.90. The van der Waals surface area contributed by atoms with Crippen LogP contribution in [0.3, 0.4) is 0 Å². The van der Waals surface area contributed by atoms with Crippen LogP contribution in [0.15, 0.2) is 54.6 Å². The van der Waals surface area contributed by atoms with Crippen molar-refractivity contribution in [2.24, 2.45) is 17.6 Å². The minimum absolute atomic E-state index is 0.211. The van der Waals surface area contributed by atoms with Crippen molar-refractivity contribution < 1.29 is 22.4 Å². The molecular formula is C29H42FN5O4S. The summed E-state index contributed by atoms with van der Waals surface area (Å²) in [6.07, 6.45) is 0.745. The zero-order chi connectivity index (χ0) is 29.4. The lowest BCUT2D eigenvalue weighted by Gasteiger charge is -2.38. The van der Waals surface area contributed by atoms with E-state index in [1.54, 1.807) is 18.7 Å². The van der Waals surface area contributed by atoms with Crippen LogP contribution in [0.5, 0.6) is 0 Å². The molecule has 1 heterocycles. The Bertz CT molecular complexity index is 1230. The number of carbonyl (C=O) groups is 2. The summed E-state index contributed by atoms with van der Waals surface area (Å²) in [7, 11) is -3.50. The summed E-state index contributed by atoms with van der Waals surface area (Å²) in [5.41, 5.74) is 8.05. The van der Waals surface area contributed by atoms with Crippen LogP contribution in [-0.2, 0) is 26.0 Å². The standard InChI is InChI=1S/C29H42FN5O4S/c1-20(2)18-35-15-14-34(19-40(35,38)39)22(4)29(37)33-27(17-23-8-6-5-7-9-23)26(31)16-21(3)28(36)32-25-12-10-24(30)11-13-25/h5-13,20-22,26-27H,14-19,31H2,1-4H3,(H,32,36)(H,33,37)/t21-,22-,26+,27+/m1/s1. The maximum absolute atomic E-state index is 13.4. The Morgan fingerprint density at radius 1 is 0.975 bits per heavy atom. The third-order valence-electron chi connectivity index (χ3n) is 7.18. The van der Waals surface area contributed by atoms with Crippen molar-refractivity contribution in [2.75, 3.05) is 30.8 Å². The van der Waals surface area contributed by atoms with E-state index in [0.29, 0.717) is 38.2 Å². The molecule has 3 rings (SSSR count). The first-order valence-corrected chi connectivity index (χ1v) is 15.3. The van der Waals surface area contributed by atoms with Crippen LogP contribution >= 0.6 is 0 Å². The van der Waals surface area contributed by atoms with Gasteiger partial charge in [0.25, 0.3) is 0 Å². The summed E-state index contributed by atoms with van der Waals surface area (Å²) in [4.78, 5) is 27.8. The maximum atomic E-state index is 13.4. The van der Waals surface area contributed by atoms with Crippen LogP contribution in [0.4, 0.5) is 10.1 Å². The number of hydrogen-bond acceptors (Lipinski definition) is 6. The smallest absolute Gasteiger partial charge is 0.237 e. The molecule has 1 saturated heterocycles. The van der Waals surface area contributed by atoms with Gasteiger partial charge in [-0.3, -0.25) is 14.5 Å². The number of nitrogens with one attached hydrogen (secondary N) is 2. The maximum Gasteiger partial charge on any atom is 0.237 e. The Kier molecular flexibility index (Phi) is 11.2. The molecule has 0 aliphatic carbocycles. The normalized spacial score (nSPS) is 19.0. The molecule has 4 atom stereocenters. The highest BCUT2D eigenvalue weighted by molar-refractivity contribution is 7.89. The van der Waals surface area contributed by atoms with E-state index in [2.05, 4.69) is 10.6 Å². The second-order valence-electron chi connectivity index (χ2n) is 11.1. The predicted molar refractivity (Wildman–Crippen MR) is 155 cm³/mol. The van der Waals surface area contributed by atoms with Crippen molar-refractivity contribution in [3.63, 3.8) is 0 Å². The topological polar surface area (TPSA) is 125 Å². The van der Waals surface area contributed by atoms with E-state index in [9.17, 15) is 22.4 Å². The minimum atomic E-state index is -3.50. The van der Waals surface area contributed by atoms with Gasteiger partial charge >= 0.3 is 0 Å². The van der Waals surface area contributed by atoms with Crippen molar-refractivity contribution in [2.45, 2.75) is 58.7 Å². The molecule has 2 aromatic carbocycles. The number of sulfonamides is 1. The zero-order valence-corrected chi connectivity index (χ0v) is 24.5. The van der Waals surface area contributed by atoms with Crippen LogP contribution in [0.1, 0.15) is 39.7 Å². The Morgan fingerprint density at radius 2 is 1.62 bits per heavy atom. The third kappa shape index (κ3) is 9.09. The molecule has 0 bridgehead atoms. The Hall–Kier alpha value is -2.86. The van der Waals surface area contributed by atoms with Crippen molar-refractivity contribution >= 4 is 27.5 Å². The molecule has 0 unspecified atom stereocenters. The molecule has 0 aromatic heterocycles. The summed E-state index contributed by atoms with van der Waals surface area (Å²) in [6.45, 7) is 8.65. The SMILES string of the molecule is CC(C)CN1CCN([C@H](C)C(=O)N[C@@H](Cc2ccccc2)[C@@H](N)C[C@@H](C)C(=O)Nc2ccc(F)cc2)CS1(=O)=O. The van der Waals surface area contributed by atoms with Gasteiger partial charge in [-0.25, -0.2) is 12.8 Å². The number of nitrogens with two attached hydrogens (primary N) is 1. The number of nitrogens with zero attached hydrogens (tertiary/aromatic N) is 2. The monoisotopic (exact) mass is 575 g/mol. The molecule has 0 saturated carbocycles. The molecule has 0 radical (unpaired) electrons. The van der Waals surface area contributed by atoms with E-state index in [4.69, 9.17) is 5.73 Å². The molecule has 220 valence electrons. The van der Waals surface area contributed by atoms with E-state index < -0.39 is 39.9 Å². The molecule has 40 heavy (non-hydrogen) atoms. The number of benzene rings is 2. The predicted octanol–water partition coefficient (Wildman–Crippen LogP) is 2.79. The van der Waals surface area contributed by atoms with E-state index in [0.717, 1.165) is 5.56 Å². The molecule has 2 aromatic rings. The van der Waals surface area contributed by atoms with Gasteiger partial charge in [0.05, 0.1) is 6.04 Å². The van der Waals surface area contributed by atoms with Crippen molar-refractivity contribution in [3.8, 4) is 0 Å². The van der Waals surface area contributed by atoms with Crippen molar-refractivity contribution in [3.05, 3.63) is 66.0 Å². The summed E-state index contributed by atoms with van der Waals surface area (Å²) in [6, 6.07) is 13.4. The quantitative estimate of drug-likeness (QED) is 0.358. The molecular weight excluding hydrogens is 533 g/mol. The van der Waals surface area contributed by atoms with Crippen LogP contribution < -0.4 is 16.4 Å². The molecule has 4 N–H and O–H groups in total. The lowest BCUT2D eigenvalue weighted by atomic mass is 9.92. The number of amides is 2. The fourth-order valence-electron chi connectivity index (χ4n) is 4.78. The highest BCUT2D eigenvalue weighted by Gasteiger charge is 2.36. The fourth-order valence-corrected chi connectivity index (χ4v) is 6.60. The van der Waals surface area contributed by atoms with Crippen LogP contribution in [0.2, 0.25) is 0 Å². The van der Waals surface area contributed by atoms with Gasteiger partial charge in [0.2, 0.25) is 21.8 Å². The Balaban J connectivity index is 1.67. The molecule has 2 amide bonds. The Morgan fingerprint density at radius 3 is 2.23 bits per heavy atom. The summed E-state index contributed by atoms with van der Waals surface area (Å²) < 4.78 is 40.4. The van der Waals surface area contributed by atoms with Crippen LogP contribution in [0, 0.1) is 17.7 Å². The average molecular weight is 576 g/mol. The van der Waals surface area contributed by atoms with Crippen molar-refractivity contribution in [1.29, 1.82) is 0 Å². The lowest BCUT2D eigenvalue weighted by molar-refractivity contribution is -0.126. The Labute approximate surface area is 237 Å². The van der Waals surface area contributed by atoms with Gasteiger partial charge in [0.1, 0.15) is 11.7 Å². The van der Waals surface area contributed by atoms with Gasteiger partial charge in [0.15, 0.2) is 0 Å². The van der Waals surface area contributed by atoms with Gasteiger partial charge in [-0.05, 0) is 55.5 Å². The van der Waals surface area contributed by atoms with E-state index in [-0.39, 0.29) is 23.6 Å². The summed E-state index contributed by atoms with van der Waals surface area (Å²) >= 11 is 0. The van der Waals surface area contributed by atoms with Gasteiger partial charge < -0.3 is 16.4 Å². The number of hydrogen-bond donors (Lipinski definition) is 3. The van der Waals surface area contributed by atoms with E-state index in [1.807, 2.05) is 44.2 Å². The number of rotatable bonds is 12. The van der Waals surface area contributed by atoms with Gasteiger partial charge in [-0.15, -0.1) is 0 Å². The first kappa shape index (κ1) is 31.7. The van der Waals surface area contributed by atoms with E-state index >= 15 is 0 Å². The van der Waals surface area contributed by atoms with Gasteiger partial charge in [-0.2, -0.15) is 4.31 Å². The van der Waals surface area contributed by atoms with Crippen molar-refractivity contribution in [1.82, 2.24) is 14.5 Å². The third-order valence-corrected chi connectivity index (χ3v) is 8.96. The zero-order valence-electron chi connectivity index (χ0n) is 23.7. The molecule has 11 heteroatoms. The molecule has 9 nitrogen and oxygen atoms in total. The van der Waals surface area contributed by atoms with Crippen LogP contribution in [-0.4, -0.2) is 73.1 Å². The fraction of sp³-hybridized carbons (Fsp3) is 0.517. The lowest BCUT2D eigenvalue weighted by Crippen LogP contribution is -2.59. The highest BCUT2D eigenvalue weighted by atomic mass is 32.2. The molecule has 1 aliphatic rings. The summed E-state index contributed by atoms with van der Waals surface area (Å²) in [5.74, 6) is -1.45. The largest absolute Gasteiger partial charge is 0.350 e. The first-order chi connectivity index (χ1) is 18.9. The number of anilines is 1. The van der Waals surface area contributed by atoms with Gasteiger partial charge in [-0.1, -0.05) is 51.1 Å². The van der Waals surface area contributed by atoms with E-state index in [1.165, 1.54) is 28.6 Å². The highest BCUT2D eigenvalue weighted by Crippen LogP contribution is 2.18. The molecule has 1 fully saturated rings. The minimum Gasteiger partial charge on any atom is -0.350 e. The number of carbonyl (C=O) groups excluding carboxylic acids is 2. The second-order valence-corrected chi connectivity index (χ2v) is 13.0. The second kappa shape index (κ2) is 14.2. The molecule has 1 aliphatic heterocycles. The summed E-state index contributed by atoms with van der Waals surface area (Å²) in [5, 5.41) is 5.82. The van der Waals surface area contributed by atoms with Crippen LogP contribution in [0.25, 0.3) is 0 Å².